The minimum Gasteiger partial charge on any atom is -0.298 e. The average molecular weight is 189 g/mol. The van der Waals surface area contributed by atoms with Crippen molar-refractivity contribution < 1.29 is 4.79 Å². The largest absolute Gasteiger partial charge is 0.298 e. The highest BCUT2D eigenvalue weighted by Gasteiger charge is 2.06. The smallest absolute Gasteiger partial charge is 0.171 e. The summed E-state index contributed by atoms with van der Waals surface area (Å²) in [6, 6.07) is 3.58. The highest BCUT2D eigenvalue weighted by molar-refractivity contribution is 5.83. The molecule has 0 unspecified atom stereocenters. The van der Waals surface area contributed by atoms with Gasteiger partial charge < -0.3 is 0 Å². The van der Waals surface area contributed by atoms with Crippen molar-refractivity contribution in [2.45, 2.75) is 19.8 Å². The van der Waals surface area contributed by atoms with E-state index >= 15 is 0 Å². The zero-order valence-electron chi connectivity index (χ0n) is 7.97. The van der Waals surface area contributed by atoms with Gasteiger partial charge in [0.15, 0.2) is 11.9 Å². The molecule has 0 aliphatic heterocycles. The van der Waals surface area contributed by atoms with Crippen molar-refractivity contribution in [2.75, 3.05) is 0 Å². The Hall–Kier alpha value is -1.71. The van der Waals surface area contributed by atoms with Gasteiger partial charge in [0.05, 0.1) is 5.56 Å². The zero-order valence-corrected chi connectivity index (χ0v) is 7.97. The molecule has 14 heavy (non-hydrogen) atoms. The van der Waals surface area contributed by atoms with Crippen LogP contribution < -0.4 is 0 Å². The zero-order chi connectivity index (χ0) is 9.97. The van der Waals surface area contributed by atoms with Crippen LogP contribution in [0.4, 0.5) is 0 Å². The van der Waals surface area contributed by atoms with E-state index in [2.05, 4.69) is 17.1 Å². The van der Waals surface area contributed by atoms with Gasteiger partial charge in [0, 0.05) is 12.6 Å². The van der Waals surface area contributed by atoms with Crippen LogP contribution in [0.5, 0.6) is 0 Å². The van der Waals surface area contributed by atoms with Crippen LogP contribution in [-0.2, 0) is 6.42 Å². The van der Waals surface area contributed by atoms with Gasteiger partial charge >= 0.3 is 0 Å². The molecule has 2 heterocycles. The second-order valence-electron chi connectivity index (χ2n) is 3.14. The SMILES string of the molecule is CCCc1nnc2c(C=O)cccn12. The van der Waals surface area contributed by atoms with Crippen LogP contribution in [0, 0.1) is 0 Å². The van der Waals surface area contributed by atoms with Gasteiger partial charge in [-0.3, -0.25) is 9.20 Å². The van der Waals surface area contributed by atoms with Crippen LogP contribution in [-0.4, -0.2) is 20.9 Å². The minimum absolute atomic E-state index is 0.586. The number of carbonyl (C=O) groups excluding carboxylic acids is 1. The summed E-state index contributed by atoms with van der Waals surface area (Å²) in [4.78, 5) is 10.7. The first-order valence-electron chi connectivity index (χ1n) is 4.64. The quantitative estimate of drug-likeness (QED) is 0.687. The van der Waals surface area contributed by atoms with Gasteiger partial charge in [-0.05, 0) is 18.6 Å². The molecule has 0 aromatic carbocycles. The number of aromatic nitrogens is 3. The van der Waals surface area contributed by atoms with Gasteiger partial charge in [0.2, 0.25) is 0 Å². The Kier molecular flexibility index (Phi) is 2.26. The monoisotopic (exact) mass is 189 g/mol. The van der Waals surface area contributed by atoms with Crippen molar-refractivity contribution in [1.29, 1.82) is 0 Å². The number of aldehydes is 1. The maximum atomic E-state index is 10.7. The Morgan fingerprint density at radius 1 is 1.50 bits per heavy atom. The number of hydrogen-bond donors (Lipinski definition) is 0. The summed E-state index contributed by atoms with van der Waals surface area (Å²) >= 11 is 0. The molecule has 4 heteroatoms. The van der Waals surface area contributed by atoms with E-state index in [-0.39, 0.29) is 0 Å². The maximum absolute atomic E-state index is 10.7. The van der Waals surface area contributed by atoms with Crippen LogP contribution in [0.3, 0.4) is 0 Å². The number of aryl methyl sites for hydroxylation is 1. The summed E-state index contributed by atoms with van der Waals surface area (Å²) in [7, 11) is 0. The summed E-state index contributed by atoms with van der Waals surface area (Å²) in [6.45, 7) is 2.09. The Labute approximate surface area is 81.6 Å². The number of nitrogens with zero attached hydrogens (tertiary/aromatic N) is 3. The fraction of sp³-hybridized carbons (Fsp3) is 0.300. The molecule has 4 nitrogen and oxygen atoms in total. The lowest BCUT2D eigenvalue weighted by Gasteiger charge is -1.97. The van der Waals surface area contributed by atoms with E-state index in [0.717, 1.165) is 25.0 Å². The van der Waals surface area contributed by atoms with E-state index in [1.807, 2.05) is 16.7 Å². The molecule has 72 valence electrons. The van der Waals surface area contributed by atoms with Gasteiger partial charge in [0.1, 0.15) is 5.82 Å². The highest BCUT2D eigenvalue weighted by Crippen LogP contribution is 2.09. The summed E-state index contributed by atoms with van der Waals surface area (Å²) in [5, 5.41) is 8.04. The molecule has 0 fully saturated rings. The third kappa shape index (κ3) is 1.28. The van der Waals surface area contributed by atoms with Gasteiger partial charge in [0.25, 0.3) is 0 Å². The van der Waals surface area contributed by atoms with Crippen LogP contribution in [0.15, 0.2) is 18.3 Å². The maximum Gasteiger partial charge on any atom is 0.171 e. The van der Waals surface area contributed by atoms with E-state index in [1.165, 1.54) is 0 Å². The molecule has 0 saturated heterocycles. The predicted octanol–water partition coefficient (Wildman–Crippen LogP) is 1.49. The number of carbonyl (C=O) groups is 1. The lowest BCUT2D eigenvalue weighted by molar-refractivity contribution is 0.112. The van der Waals surface area contributed by atoms with Gasteiger partial charge in [-0.1, -0.05) is 6.92 Å². The second-order valence-corrected chi connectivity index (χ2v) is 3.14. The molecule has 0 spiro atoms. The van der Waals surface area contributed by atoms with Crippen molar-refractivity contribution in [3.63, 3.8) is 0 Å². The molecule has 2 rings (SSSR count). The molecule has 0 atom stereocenters. The summed E-state index contributed by atoms with van der Waals surface area (Å²) in [6.07, 6.45) is 4.59. The fourth-order valence-corrected chi connectivity index (χ4v) is 1.47. The Morgan fingerprint density at radius 2 is 2.36 bits per heavy atom. The summed E-state index contributed by atoms with van der Waals surface area (Å²) in [5.41, 5.74) is 1.23. The molecule has 0 saturated carbocycles. The first-order chi connectivity index (χ1) is 6.86. The first kappa shape index (κ1) is 8.87. The normalized spacial score (nSPS) is 10.6. The molecule has 2 aromatic heterocycles. The van der Waals surface area contributed by atoms with E-state index in [4.69, 9.17) is 0 Å². The molecule has 0 aliphatic rings. The molecule has 2 aromatic rings. The summed E-state index contributed by atoms with van der Waals surface area (Å²) in [5.74, 6) is 0.909. The standard InChI is InChI=1S/C10H11N3O/c1-2-4-9-11-12-10-8(7-14)5-3-6-13(9)10/h3,5-7H,2,4H2,1H3. The van der Waals surface area contributed by atoms with E-state index in [9.17, 15) is 4.79 Å². The highest BCUT2D eigenvalue weighted by atomic mass is 16.1. The molecule has 0 amide bonds. The van der Waals surface area contributed by atoms with Crippen molar-refractivity contribution in [3.05, 3.63) is 29.7 Å². The van der Waals surface area contributed by atoms with Crippen molar-refractivity contribution in [2.24, 2.45) is 0 Å². The number of fused-ring (bicyclic) bond motifs is 1. The van der Waals surface area contributed by atoms with Gasteiger partial charge in [-0.15, -0.1) is 10.2 Å². The Bertz CT molecular complexity index is 461. The lowest BCUT2D eigenvalue weighted by atomic mass is 10.3. The van der Waals surface area contributed by atoms with Crippen molar-refractivity contribution in [3.8, 4) is 0 Å². The molecule has 0 bridgehead atoms. The lowest BCUT2D eigenvalue weighted by Crippen LogP contribution is -1.95. The first-order valence-corrected chi connectivity index (χ1v) is 4.64. The fourth-order valence-electron chi connectivity index (χ4n) is 1.47. The third-order valence-corrected chi connectivity index (χ3v) is 2.14. The average Bonchev–Trinajstić information content (AvgIpc) is 2.62. The minimum atomic E-state index is 0.586. The Morgan fingerprint density at radius 3 is 3.07 bits per heavy atom. The van der Waals surface area contributed by atoms with E-state index in [0.29, 0.717) is 11.2 Å². The van der Waals surface area contributed by atoms with E-state index in [1.54, 1.807) is 6.07 Å². The van der Waals surface area contributed by atoms with Gasteiger partial charge in [-0.2, -0.15) is 0 Å². The number of hydrogen-bond acceptors (Lipinski definition) is 3. The summed E-state index contributed by atoms with van der Waals surface area (Å²) < 4.78 is 1.87. The topological polar surface area (TPSA) is 47.3 Å². The van der Waals surface area contributed by atoms with E-state index < -0.39 is 0 Å². The van der Waals surface area contributed by atoms with Crippen LogP contribution in [0.2, 0.25) is 0 Å². The van der Waals surface area contributed by atoms with Crippen molar-refractivity contribution in [1.82, 2.24) is 14.6 Å². The molecular weight excluding hydrogens is 178 g/mol. The van der Waals surface area contributed by atoms with Crippen LogP contribution in [0.1, 0.15) is 29.5 Å². The molecule has 0 radical (unpaired) electrons. The third-order valence-electron chi connectivity index (χ3n) is 2.14. The Balaban J connectivity index is 2.63. The number of rotatable bonds is 3. The molecule has 0 N–H and O–H groups in total. The molecule has 0 aliphatic carbocycles. The molecular formula is C10H11N3O. The van der Waals surface area contributed by atoms with Crippen LogP contribution >= 0.6 is 0 Å². The second kappa shape index (κ2) is 3.57. The van der Waals surface area contributed by atoms with Gasteiger partial charge in [-0.25, -0.2) is 0 Å². The van der Waals surface area contributed by atoms with Crippen LogP contribution in [0.25, 0.3) is 5.65 Å². The predicted molar refractivity (Wildman–Crippen MR) is 52.4 cm³/mol. The number of pyridine rings is 1. The van der Waals surface area contributed by atoms with Crippen molar-refractivity contribution >= 4 is 11.9 Å².